The minimum absolute atomic E-state index is 0.0260. The lowest BCUT2D eigenvalue weighted by Gasteiger charge is -2.36. The Kier molecular flexibility index (Phi) is 3.94. The molecule has 0 saturated carbocycles. The van der Waals surface area contributed by atoms with Gasteiger partial charge in [0.15, 0.2) is 0 Å². The van der Waals surface area contributed by atoms with Crippen molar-refractivity contribution in [2.75, 3.05) is 6.54 Å². The molecule has 2 amide bonds. The minimum Gasteiger partial charge on any atom is -0.291 e. The topological polar surface area (TPSA) is 105 Å². The molecular formula is C12H14N4O4. The molecular weight excluding hydrogens is 264 g/mol. The van der Waals surface area contributed by atoms with Crippen molar-refractivity contribution in [3.05, 3.63) is 39.9 Å². The summed E-state index contributed by atoms with van der Waals surface area (Å²) >= 11 is 0. The number of hydrazine groups is 1. The third kappa shape index (κ3) is 2.91. The van der Waals surface area contributed by atoms with Gasteiger partial charge in [-0.1, -0.05) is 0 Å². The number of nitro groups is 1. The molecule has 1 aromatic rings. The van der Waals surface area contributed by atoms with Crippen molar-refractivity contribution in [3.63, 3.8) is 0 Å². The van der Waals surface area contributed by atoms with Crippen LogP contribution < -0.4 is 10.7 Å². The lowest BCUT2D eigenvalue weighted by atomic mass is 10.1. The highest BCUT2D eigenvalue weighted by atomic mass is 16.6. The molecule has 106 valence electrons. The van der Waals surface area contributed by atoms with Crippen LogP contribution in [0.2, 0.25) is 0 Å². The Morgan fingerprint density at radius 2 is 2.10 bits per heavy atom. The SMILES string of the molecule is CC(=O)NN1C(=O)CCNC1c1ccc([N+](=O)[O-])cc1. The van der Waals surface area contributed by atoms with Gasteiger partial charge < -0.3 is 0 Å². The van der Waals surface area contributed by atoms with E-state index in [2.05, 4.69) is 10.7 Å². The van der Waals surface area contributed by atoms with Crippen molar-refractivity contribution < 1.29 is 14.5 Å². The predicted octanol–water partition coefficient (Wildman–Crippen LogP) is 0.466. The highest BCUT2D eigenvalue weighted by Crippen LogP contribution is 2.22. The summed E-state index contributed by atoms with van der Waals surface area (Å²) in [6.45, 7) is 1.80. The van der Waals surface area contributed by atoms with E-state index in [-0.39, 0.29) is 23.9 Å². The van der Waals surface area contributed by atoms with Crippen molar-refractivity contribution in [3.8, 4) is 0 Å². The summed E-state index contributed by atoms with van der Waals surface area (Å²) in [7, 11) is 0. The van der Waals surface area contributed by atoms with Gasteiger partial charge in [0.25, 0.3) is 5.69 Å². The van der Waals surface area contributed by atoms with Crippen LogP contribution in [0.25, 0.3) is 0 Å². The van der Waals surface area contributed by atoms with E-state index in [1.807, 2.05) is 0 Å². The second kappa shape index (κ2) is 5.66. The van der Waals surface area contributed by atoms with Crippen molar-refractivity contribution in [1.29, 1.82) is 0 Å². The number of nitro benzene ring substituents is 1. The highest BCUT2D eigenvalue weighted by molar-refractivity contribution is 5.82. The van der Waals surface area contributed by atoms with Crippen LogP contribution in [-0.2, 0) is 9.59 Å². The monoisotopic (exact) mass is 278 g/mol. The lowest BCUT2D eigenvalue weighted by molar-refractivity contribution is -0.384. The Morgan fingerprint density at radius 1 is 1.45 bits per heavy atom. The van der Waals surface area contributed by atoms with Crippen LogP contribution in [0.15, 0.2) is 24.3 Å². The number of carbonyl (C=O) groups excluding carboxylic acids is 2. The van der Waals surface area contributed by atoms with Gasteiger partial charge in [0.2, 0.25) is 11.8 Å². The Bertz CT molecular complexity index is 543. The predicted molar refractivity (Wildman–Crippen MR) is 69.1 cm³/mol. The molecule has 0 spiro atoms. The van der Waals surface area contributed by atoms with Gasteiger partial charge >= 0.3 is 0 Å². The smallest absolute Gasteiger partial charge is 0.269 e. The summed E-state index contributed by atoms with van der Waals surface area (Å²) in [4.78, 5) is 33.1. The van der Waals surface area contributed by atoms with Gasteiger partial charge in [-0.2, -0.15) is 0 Å². The van der Waals surface area contributed by atoms with Crippen molar-refractivity contribution >= 4 is 17.5 Å². The highest BCUT2D eigenvalue weighted by Gasteiger charge is 2.29. The Hall–Kier alpha value is -2.48. The third-order valence-corrected chi connectivity index (χ3v) is 2.90. The molecule has 20 heavy (non-hydrogen) atoms. The molecule has 8 nitrogen and oxygen atoms in total. The standard InChI is InChI=1S/C12H14N4O4/c1-8(17)14-15-11(18)6-7-13-12(15)9-2-4-10(5-3-9)16(19)20/h2-5,12-13H,6-7H2,1H3,(H,14,17). The molecule has 0 bridgehead atoms. The van der Waals surface area contributed by atoms with E-state index in [0.717, 1.165) is 0 Å². The molecule has 1 saturated heterocycles. The van der Waals surface area contributed by atoms with Crippen LogP contribution in [0.1, 0.15) is 25.1 Å². The van der Waals surface area contributed by atoms with Crippen LogP contribution in [0, 0.1) is 10.1 Å². The zero-order chi connectivity index (χ0) is 14.7. The zero-order valence-electron chi connectivity index (χ0n) is 10.8. The second-order valence-electron chi connectivity index (χ2n) is 4.39. The van der Waals surface area contributed by atoms with Crippen LogP contribution >= 0.6 is 0 Å². The van der Waals surface area contributed by atoms with E-state index in [4.69, 9.17) is 0 Å². The van der Waals surface area contributed by atoms with Gasteiger partial charge in [0.05, 0.1) is 4.92 Å². The van der Waals surface area contributed by atoms with E-state index < -0.39 is 11.1 Å². The lowest BCUT2D eigenvalue weighted by Crippen LogP contribution is -2.55. The second-order valence-corrected chi connectivity index (χ2v) is 4.39. The fourth-order valence-corrected chi connectivity index (χ4v) is 2.01. The molecule has 1 aromatic carbocycles. The first kappa shape index (κ1) is 13.9. The van der Waals surface area contributed by atoms with Gasteiger partial charge in [-0.05, 0) is 17.7 Å². The van der Waals surface area contributed by atoms with Gasteiger partial charge in [-0.25, -0.2) is 5.01 Å². The number of nitrogens with one attached hydrogen (secondary N) is 2. The number of rotatable bonds is 3. The van der Waals surface area contributed by atoms with E-state index in [1.165, 1.54) is 24.1 Å². The molecule has 1 atom stereocenters. The molecule has 0 aromatic heterocycles. The number of benzene rings is 1. The maximum Gasteiger partial charge on any atom is 0.269 e. The summed E-state index contributed by atoms with van der Waals surface area (Å²) < 4.78 is 0. The molecule has 2 N–H and O–H groups in total. The van der Waals surface area contributed by atoms with E-state index in [9.17, 15) is 19.7 Å². The maximum absolute atomic E-state index is 11.9. The number of hydrogen-bond donors (Lipinski definition) is 2. The maximum atomic E-state index is 11.9. The molecule has 0 aliphatic carbocycles. The molecule has 1 aliphatic rings. The van der Waals surface area contributed by atoms with Gasteiger partial charge in [0.1, 0.15) is 6.17 Å². The quantitative estimate of drug-likeness (QED) is 0.617. The van der Waals surface area contributed by atoms with Crippen LogP contribution in [0.4, 0.5) is 5.69 Å². The molecule has 1 aliphatic heterocycles. The van der Waals surface area contributed by atoms with Crippen molar-refractivity contribution in [1.82, 2.24) is 15.8 Å². The summed E-state index contributed by atoms with van der Waals surface area (Å²) in [5.41, 5.74) is 3.10. The van der Waals surface area contributed by atoms with E-state index >= 15 is 0 Å². The molecule has 1 fully saturated rings. The summed E-state index contributed by atoms with van der Waals surface area (Å²) in [5, 5.41) is 14.9. The van der Waals surface area contributed by atoms with Crippen LogP contribution in [0.5, 0.6) is 0 Å². The van der Waals surface area contributed by atoms with E-state index in [1.54, 1.807) is 12.1 Å². The van der Waals surface area contributed by atoms with Crippen molar-refractivity contribution in [2.24, 2.45) is 0 Å². The van der Waals surface area contributed by atoms with E-state index in [0.29, 0.717) is 12.1 Å². The zero-order valence-corrected chi connectivity index (χ0v) is 10.8. The number of amides is 2. The first-order valence-electron chi connectivity index (χ1n) is 6.06. The average Bonchev–Trinajstić information content (AvgIpc) is 2.41. The first-order valence-corrected chi connectivity index (χ1v) is 6.06. The Morgan fingerprint density at radius 3 is 2.65 bits per heavy atom. The third-order valence-electron chi connectivity index (χ3n) is 2.90. The summed E-state index contributed by atoms with van der Waals surface area (Å²) in [6, 6.07) is 5.84. The molecule has 1 unspecified atom stereocenters. The largest absolute Gasteiger partial charge is 0.291 e. The Labute approximate surface area is 114 Å². The molecule has 1 heterocycles. The minimum atomic E-state index is -0.527. The molecule has 8 heteroatoms. The number of nitrogens with zero attached hydrogens (tertiary/aromatic N) is 2. The van der Waals surface area contributed by atoms with Crippen LogP contribution in [0.3, 0.4) is 0 Å². The van der Waals surface area contributed by atoms with Crippen LogP contribution in [-0.4, -0.2) is 28.3 Å². The fraction of sp³-hybridized carbons (Fsp3) is 0.333. The van der Waals surface area contributed by atoms with Gasteiger partial charge in [-0.15, -0.1) is 0 Å². The van der Waals surface area contributed by atoms with Gasteiger partial charge in [0, 0.05) is 32.0 Å². The Balaban J connectivity index is 2.25. The summed E-state index contributed by atoms with van der Waals surface area (Å²) in [5.74, 6) is -0.559. The number of hydrogen-bond acceptors (Lipinski definition) is 5. The van der Waals surface area contributed by atoms with Gasteiger partial charge in [-0.3, -0.25) is 30.4 Å². The summed E-state index contributed by atoms with van der Waals surface area (Å²) in [6.07, 6.45) is -0.245. The normalized spacial score (nSPS) is 18.8. The van der Waals surface area contributed by atoms with Crippen molar-refractivity contribution in [2.45, 2.75) is 19.5 Å². The molecule has 0 radical (unpaired) electrons. The fourth-order valence-electron chi connectivity index (χ4n) is 2.01. The number of carbonyl (C=O) groups is 2. The molecule has 2 rings (SSSR count). The number of non-ortho nitro benzene ring substituents is 1. The average molecular weight is 278 g/mol. The first-order chi connectivity index (χ1) is 9.49.